The second-order valence-electron chi connectivity index (χ2n) is 9.22. The Morgan fingerprint density at radius 3 is 2.21 bits per heavy atom. The molecule has 0 aliphatic heterocycles. The standard InChI is InChI=1S/C18H17N7O2S.C8H14N2O/c19-16(11-1-7-14(8-2-11)28(21)27)15-17(20)22-9-23-18(15)25-13-5-3-12(4-6-13)24-10-26;1-8(2,3)6-5-7(9-4)10-11-6/h1-10,19H,21H2,(H,24,26)(H3,20,22,23,25);5H,1-4H3,(H,9,10). The lowest BCUT2D eigenvalue weighted by Gasteiger charge is -2.14. The van der Waals surface area contributed by atoms with Crippen molar-refractivity contribution in [2.45, 2.75) is 31.1 Å². The van der Waals surface area contributed by atoms with E-state index in [2.05, 4.69) is 51.8 Å². The molecule has 0 saturated heterocycles. The van der Waals surface area contributed by atoms with Crippen LogP contribution in [0.1, 0.15) is 37.7 Å². The molecule has 12 nitrogen and oxygen atoms in total. The number of benzene rings is 2. The molecule has 0 saturated carbocycles. The van der Waals surface area contributed by atoms with E-state index < -0.39 is 11.0 Å². The van der Waals surface area contributed by atoms with Gasteiger partial charge < -0.3 is 26.2 Å². The summed E-state index contributed by atoms with van der Waals surface area (Å²) in [6, 6.07) is 15.3. The average molecular weight is 550 g/mol. The maximum absolute atomic E-state index is 11.3. The quantitative estimate of drug-likeness (QED) is 0.140. The van der Waals surface area contributed by atoms with Crippen molar-refractivity contribution in [2.24, 2.45) is 5.14 Å². The van der Waals surface area contributed by atoms with Gasteiger partial charge in [0.15, 0.2) is 5.82 Å². The van der Waals surface area contributed by atoms with E-state index in [0.717, 1.165) is 11.6 Å². The molecule has 2 aromatic carbocycles. The number of hydrogen-bond acceptors (Lipinski definition) is 10. The highest BCUT2D eigenvalue weighted by Crippen LogP contribution is 2.26. The number of nitrogen functional groups attached to an aromatic ring is 1. The summed E-state index contributed by atoms with van der Waals surface area (Å²) in [7, 11) is 0.231. The molecule has 0 radical (unpaired) electrons. The summed E-state index contributed by atoms with van der Waals surface area (Å²) < 4.78 is 16.4. The van der Waals surface area contributed by atoms with Crippen LogP contribution in [-0.2, 0) is 21.2 Å². The zero-order chi connectivity index (χ0) is 28.6. The van der Waals surface area contributed by atoms with Crippen molar-refractivity contribution in [2.75, 3.05) is 28.7 Å². The van der Waals surface area contributed by atoms with Crippen molar-refractivity contribution >= 4 is 51.9 Å². The molecule has 0 spiro atoms. The molecule has 8 N–H and O–H groups in total. The van der Waals surface area contributed by atoms with Gasteiger partial charge in [-0.1, -0.05) is 38.1 Å². The van der Waals surface area contributed by atoms with E-state index in [-0.39, 0.29) is 16.9 Å². The van der Waals surface area contributed by atoms with Gasteiger partial charge in [-0.15, -0.1) is 0 Å². The summed E-state index contributed by atoms with van der Waals surface area (Å²) in [4.78, 5) is 19.1. The molecule has 2 heterocycles. The number of nitrogens with two attached hydrogens (primary N) is 2. The van der Waals surface area contributed by atoms with Gasteiger partial charge in [0.2, 0.25) is 6.41 Å². The maximum Gasteiger partial charge on any atom is 0.211 e. The molecule has 0 aliphatic carbocycles. The van der Waals surface area contributed by atoms with Gasteiger partial charge in [0.25, 0.3) is 0 Å². The van der Waals surface area contributed by atoms with Crippen molar-refractivity contribution in [1.29, 1.82) is 5.41 Å². The number of anilines is 5. The highest BCUT2D eigenvalue weighted by molar-refractivity contribution is 7.82. The Kier molecular flexibility index (Phi) is 9.47. The molecule has 1 amide bonds. The van der Waals surface area contributed by atoms with E-state index in [1.165, 1.54) is 6.33 Å². The number of hydrogen-bond donors (Lipinski definition) is 6. The fraction of sp³-hybridized carbons (Fsp3) is 0.192. The lowest BCUT2D eigenvalue weighted by Crippen LogP contribution is -2.12. The summed E-state index contributed by atoms with van der Waals surface area (Å²) >= 11 is 0. The van der Waals surface area contributed by atoms with Crippen LogP contribution in [0.2, 0.25) is 0 Å². The molecule has 1 unspecified atom stereocenters. The summed E-state index contributed by atoms with van der Waals surface area (Å²) in [6.07, 6.45) is 1.90. The predicted molar refractivity (Wildman–Crippen MR) is 154 cm³/mol. The Hall–Kier alpha value is -4.62. The Morgan fingerprint density at radius 1 is 1.05 bits per heavy atom. The first-order chi connectivity index (χ1) is 18.5. The number of rotatable bonds is 8. The number of aromatic nitrogens is 3. The molecular formula is C26H31N9O3S. The predicted octanol–water partition coefficient (Wildman–Crippen LogP) is 3.78. The van der Waals surface area contributed by atoms with Crippen LogP contribution in [0.15, 0.2) is 70.3 Å². The van der Waals surface area contributed by atoms with Gasteiger partial charge in [-0.05, 0) is 36.4 Å². The number of carbonyl (C=O) groups excluding carboxylic acids is 1. The molecule has 4 aromatic rings. The fourth-order valence-corrected chi connectivity index (χ4v) is 3.65. The van der Waals surface area contributed by atoms with Gasteiger partial charge in [0.05, 0.1) is 16.2 Å². The minimum atomic E-state index is -1.59. The van der Waals surface area contributed by atoms with Crippen LogP contribution in [0.3, 0.4) is 0 Å². The topological polar surface area (TPSA) is 198 Å². The number of carbonyl (C=O) groups is 1. The third-order valence-electron chi connectivity index (χ3n) is 5.38. The molecule has 1 atom stereocenters. The van der Waals surface area contributed by atoms with Gasteiger partial charge in [0, 0.05) is 35.5 Å². The van der Waals surface area contributed by atoms with E-state index in [1.54, 1.807) is 48.5 Å². The average Bonchev–Trinajstić information content (AvgIpc) is 3.41. The van der Waals surface area contributed by atoms with Crippen LogP contribution in [0.25, 0.3) is 0 Å². The second kappa shape index (κ2) is 12.8. The Balaban J connectivity index is 0.000000320. The van der Waals surface area contributed by atoms with E-state index in [4.69, 9.17) is 20.8 Å². The lowest BCUT2D eigenvalue weighted by molar-refractivity contribution is -0.105. The monoisotopic (exact) mass is 549 g/mol. The second-order valence-corrected chi connectivity index (χ2v) is 10.3. The highest BCUT2D eigenvalue weighted by atomic mass is 32.2. The van der Waals surface area contributed by atoms with Crippen LogP contribution >= 0.6 is 0 Å². The molecule has 204 valence electrons. The lowest BCUT2D eigenvalue weighted by atomic mass is 9.93. The van der Waals surface area contributed by atoms with Gasteiger partial charge in [-0.25, -0.2) is 19.3 Å². The van der Waals surface area contributed by atoms with E-state index in [1.807, 2.05) is 13.1 Å². The fourth-order valence-electron chi connectivity index (χ4n) is 3.24. The normalized spacial score (nSPS) is 11.5. The van der Waals surface area contributed by atoms with Gasteiger partial charge in [0.1, 0.15) is 34.7 Å². The third-order valence-corrected chi connectivity index (χ3v) is 6.12. The van der Waals surface area contributed by atoms with Crippen LogP contribution < -0.4 is 26.8 Å². The van der Waals surface area contributed by atoms with E-state index >= 15 is 0 Å². The van der Waals surface area contributed by atoms with Crippen molar-refractivity contribution in [3.05, 3.63) is 77.8 Å². The van der Waals surface area contributed by atoms with Crippen molar-refractivity contribution in [1.82, 2.24) is 15.1 Å². The van der Waals surface area contributed by atoms with E-state index in [0.29, 0.717) is 39.6 Å². The Bertz CT molecular complexity index is 1450. The molecular weight excluding hydrogens is 518 g/mol. The molecule has 0 aliphatic rings. The van der Waals surface area contributed by atoms with Gasteiger partial charge in [-0.3, -0.25) is 10.2 Å². The minimum absolute atomic E-state index is 0.0437. The van der Waals surface area contributed by atoms with Crippen molar-refractivity contribution < 1.29 is 13.5 Å². The maximum atomic E-state index is 11.3. The summed E-state index contributed by atoms with van der Waals surface area (Å²) in [6.45, 7) is 6.27. The Labute approximate surface area is 228 Å². The minimum Gasteiger partial charge on any atom is -0.383 e. The van der Waals surface area contributed by atoms with Crippen LogP contribution in [-0.4, -0.2) is 38.5 Å². The zero-order valence-corrected chi connectivity index (χ0v) is 22.8. The summed E-state index contributed by atoms with van der Waals surface area (Å²) in [5.74, 6) is 2.20. The molecule has 0 fully saturated rings. The SMILES string of the molecule is CNc1cc(C(C)(C)C)on1.N=C(c1ccc(S(N)=O)cc1)c1c(N)ncnc1Nc1ccc(NC=O)cc1. The number of nitrogens with one attached hydrogen (secondary N) is 4. The first-order valence-corrected chi connectivity index (χ1v) is 12.9. The number of amides is 1. The van der Waals surface area contributed by atoms with Crippen LogP contribution in [0.5, 0.6) is 0 Å². The van der Waals surface area contributed by atoms with Gasteiger partial charge >= 0.3 is 0 Å². The zero-order valence-electron chi connectivity index (χ0n) is 22.0. The molecule has 13 heteroatoms. The van der Waals surface area contributed by atoms with Crippen LogP contribution in [0, 0.1) is 5.41 Å². The van der Waals surface area contributed by atoms with Crippen LogP contribution in [0.4, 0.5) is 28.8 Å². The largest absolute Gasteiger partial charge is 0.383 e. The van der Waals surface area contributed by atoms with Gasteiger partial charge in [-0.2, -0.15) is 0 Å². The molecule has 39 heavy (non-hydrogen) atoms. The van der Waals surface area contributed by atoms with Crippen molar-refractivity contribution in [3.8, 4) is 0 Å². The number of nitrogens with zero attached hydrogens (tertiary/aromatic N) is 3. The Morgan fingerprint density at radius 2 is 1.69 bits per heavy atom. The smallest absolute Gasteiger partial charge is 0.211 e. The van der Waals surface area contributed by atoms with Crippen molar-refractivity contribution in [3.63, 3.8) is 0 Å². The first kappa shape index (κ1) is 28.9. The summed E-state index contributed by atoms with van der Waals surface area (Å²) in [5.41, 5.74) is 8.37. The van der Waals surface area contributed by atoms with E-state index in [9.17, 15) is 9.00 Å². The molecule has 2 aromatic heterocycles. The third kappa shape index (κ3) is 7.69. The molecule has 4 rings (SSSR count). The summed E-state index contributed by atoms with van der Waals surface area (Å²) in [5, 5.41) is 26.3. The molecule has 0 bridgehead atoms. The highest BCUT2D eigenvalue weighted by Gasteiger charge is 2.19. The first-order valence-electron chi connectivity index (χ1n) is 11.7.